The summed E-state index contributed by atoms with van der Waals surface area (Å²) in [4.78, 5) is 12.2. The van der Waals surface area contributed by atoms with E-state index in [9.17, 15) is 4.79 Å². The summed E-state index contributed by atoms with van der Waals surface area (Å²) in [7, 11) is 3.09. The minimum absolute atomic E-state index is 0.0887. The monoisotopic (exact) mass is 372 g/mol. The van der Waals surface area contributed by atoms with Gasteiger partial charge >= 0.3 is 0 Å². The summed E-state index contributed by atoms with van der Waals surface area (Å²) in [6, 6.07) is 14.1. The molecular formula is C19H17ClN2O4. The molecule has 1 amide bonds. The number of anilines is 1. The number of hydrogen-bond donors (Lipinski definition) is 1. The standard InChI is InChI=1S/C19H17ClN2O4/c1-24-16-8-7-14(9-18(16)25-2)21-19(23)11-15-10-17(26-22-15)12-3-5-13(20)6-4-12/h3-10H,11H2,1-2H3,(H,21,23). The molecular weight excluding hydrogens is 356 g/mol. The Hall–Kier alpha value is -2.99. The third kappa shape index (κ3) is 4.15. The Bertz CT molecular complexity index is 906. The fourth-order valence-corrected chi connectivity index (χ4v) is 2.55. The predicted molar refractivity (Wildman–Crippen MR) is 98.8 cm³/mol. The normalized spacial score (nSPS) is 10.4. The van der Waals surface area contributed by atoms with Gasteiger partial charge in [-0.3, -0.25) is 4.79 Å². The van der Waals surface area contributed by atoms with Crippen LogP contribution in [0.4, 0.5) is 5.69 Å². The van der Waals surface area contributed by atoms with Gasteiger partial charge < -0.3 is 19.3 Å². The molecule has 26 heavy (non-hydrogen) atoms. The Labute approximate surface area is 155 Å². The number of rotatable bonds is 6. The van der Waals surface area contributed by atoms with Gasteiger partial charge in [0.05, 0.1) is 26.3 Å². The topological polar surface area (TPSA) is 73.6 Å². The third-order valence-corrected chi connectivity index (χ3v) is 3.95. The van der Waals surface area contributed by atoms with Crippen molar-refractivity contribution in [1.82, 2.24) is 5.16 Å². The van der Waals surface area contributed by atoms with Gasteiger partial charge in [0.1, 0.15) is 0 Å². The SMILES string of the molecule is COc1ccc(NC(=O)Cc2cc(-c3ccc(Cl)cc3)on2)cc1OC. The van der Waals surface area contributed by atoms with Crippen LogP contribution >= 0.6 is 11.6 Å². The average Bonchev–Trinajstić information content (AvgIpc) is 3.10. The van der Waals surface area contributed by atoms with Gasteiger partial charge in [0.15, 0.2) is 17.3 Å². The van der Waals surface area contributed by atoms with E-state index >= 15 is 0 Å². The van der Waals surface area contributed by atoms with Gasteiger partial charge in [-0.2, -0.15) is 0 Å². The molecule has 0 aliphatic heterocycles. The molecule has 0 saturated heterocycles. The van der Waals surface area contributed by atoms with Gasteiger partial charge in [0.25, 0.3) is 0 Å². The second-order valence-corrected chi connectivity index (χ2v) is 5.92. The summed E-state index contributed by atoms with van der Waals surface area (Å²) in [5.74, 6) is 1.50. The van der Waals surface area contributed by atoms with E-state index in [0.717, 1.165) is 5.56 Å². The first-order chi connectivity index (χ1) is 12.6. The molecule has 0 aliphatic rings. The van der Waals surface area contributed by atoms with Crippen molar-refractivity contribution in [2.45, 2.75) is 6.42 Å². The summed E-state index contributed by atoms with van der Waals surface area (Å²) in [5, 5.41) is 7.38. The smallest absolute Gasteiger partial charge is 0.230 e. The Morgan fingerprint density at radius 3 is 2.50 bits per heavy atom. The van der Waals surface area contributed by atoms with E-state index in [0.29, 0.717) is 33.7 Å². The molecule has 1 aromatic heterocycles. The fraction of sp³-hybridized carbons (Fsp3) is 0.158. The number of methoxy groups -OCH3 is 2. The Balaban J connectivity index is 1.66. The first-order valence-corrected chi connectivity index (χ1v) is 8.20. The lowest BCUT2D eigenvalue weighted by molar-refractivity contribution is -0.115. The van der Waals surface area contributed by atoms with Crippen molar-refractivity contribution < 1.29 is 18.8 Å². The van der Waals surface area contributed by atoms with Crippen LogP contribution in [0.15, 0.2) is 53.1 Å². The van der Waals surface area contributed by atoms with Crippen LogP contribution in [0.25, 0.3) is 11.3 Å². The molecule has 0 spiro atoms. The van der Waals surface area contributed by atoms with Crippen LogP contribution in [0.3, 0.4) is 0 Å². The largest absolute Gasteiger partial charge is 0.493 e. The maximum Gasteiger partial charge on any atom is 0.230 e. The van der Waals surface area contributed by atoms with Gasteiger partial charge in [-0.05, 0) is 36.4 Å². The molecule has 3 rings (SSSR count). The van der Waals surface area contributed by atoms with Gasteiger partial charge in [-0.25, -0.2) is 0 Å². The lowest BCUT2D eigenvalue weighted by Gasteiger charge is -2.10. The summed E-state index contributed by atoms with van der Waals surface area (Å²) >= 11 is 5.87. The molecule has 0 aliphatic carbocycles. The highest BCUT2D eigenvalue weighted by atomic mass is 35.5. The molecule has 0 unspecified atom stereocenters. The number of ether oxygens (including phenoxy) is 2. The van der Waals surface area contributed by atoms with Crippen LogP contribution in [0.5, 0.6) is 11.5 Å². The summed E-state index contributed by atoms with van der Waals surface area (Å²) in [5.41, 5.74) is 1.98. The van der Waals surface area contributed by atoms with Crippen LogP contribution in [0.1, 0.15) is 5.69 Å². The van der Waals surface area contributed by atoms with Crippen molar-refractivity contribution >= 4 is 23.2 Å². The average molecular weight is 373 g/mol. The third-order valence-electron chi connectivity index (χ3n) is 3.70. The lowest BCUT2D eigenvalue weighted by Crippen LogP contribution is -2.14. The molecule has 3 aromatic rings. The Morgan fingerprint density at radius 2 is 1.81 bits per heavy atom. The van der Waals surface area contributed by atoms with E-state index in [2.05, 4.69) is 10.5 Å². The number of benzene rings is 2. The molecule has 2 aromatic carbocycles. The molecule has 0 radical (unpaired) electrons. The highest BCUT2D eigenvalue weighted by Crippen LogP contribution is 2.30. The second-order valence-electron chi connectivity index (χ2n) is 5.48. The Kier molecular flexibility index (Phi) is 5.43. The van der Waals surface area contributed by atoms with E-state index < -0.39 is 0 Å². The van der Waals surface area contributed by atoms with Crippen molar-refractivity contribution in [3.05, 3.63) is 59.2 Å². The van der Waals surface area contributed by atoms with Crippen molar-refractivity contribution in [2.75, 3.05) is 19.5 Å². The maximum absolute atomic E-state index is 12.2. The number of nitrogens with zero attached hydrogens (tertiary/aromatic N) is 1. The van der Waals surface area contributed by atoms with Crippen LogP contribution in [0.2, 0.25) is 5.02 Å². The zero-order valence-corrected chi connectivity index (χ0v) is 15.0. The number of amides is 1. The zero-order chi connectivity index (χ0) is 18.5. The molecule has 134 valence electrons. The molecule has 0 fully saturated rings. The molecule has 7 heteroatoms. The van der Waals surface area contributed by atoms with Gasteiger partial charge in [0, 0.05) is 28.4 Å². The molecule has 0 atom stereocenters. The van der Waals surface area contributed by atoms with E-state index in [-0.39, 0.29) is 12.3 Å². The number of carbonyl (C=O) groups is 1. The number of hydrogen-bond acceptors (Lipinski definition) is 5. The minimum Gasteiger partial charge on any atom is -0.493 e. The molecule has 0 bridgehead atoms. The predicted octanol–water partition coefficient (Wildman–Crippen LogP) is 4.19. The first kappa shape index (κ1) is 17.8. The summed E-state index contributed by atoms with van der Waals surface area (Å²) < 4.78 is 15.7. The number of nitrogens with one attached hydrogen (secondary N) is 1. The van der Waals surface area contributed by atoms with Gasteiger partial charge in [-0.1, -0.05) is 16.8 Å². The molecule has 1 heterocycles. The van der Waals surface area contributed by atoms with Crippen LogP contribution in [-0.2, 0) is 11.2 Å². The summed E-state index contributed by atoms with van der Waals surface area (Å²) in [6.07, 6.45) is 0.0887. The highest BCUT2D eigenvalue weighted by molar-refractivity contribution is 6.30. The van der Waals surface area contributed by atoms with Crippen LogP contribution < -0.4 is 14.8 Å². The van der Waals surface area contributed by atoms with E-state index in [1.807, 2.05) is 12.1 Å². The van der Waals surface area contributed by atoms with Crippen molar-refractivity contribution in [3.8, 4) is 22.8 Å². The minimum atomic E-state index is -0.215. The summed E-state index contributed by atoms with van der Waals surface area (Å²) in [6.45, 7) is 0. The van der Waals surface area contributed by atoms with Crippen LogP contribution in [-0.4, -0.2) is 25.3 Å². The van der Waals surface area contributed by atoms with E-state index in [1.54, 1.807) is 43.5 Å². The quantitative estimate of drug-likeness (QED) is 0.702. The number of aromatic nitrogens is 1. The van der Waals surface area contributed by atoms with Crippen LogP contribution in [0, 0.1) is 0 Å². The molecule has 1 N–H and O–H groups in total. The number of carbonyl (C=O) groups excluding carboxylic acids is 1. The lowest BCUT2D eigenvalue weighted by atomic mass is 10.1. The van der Waals surface area contributed by atoms with Gasteiger partial charge in [-0.15, -0.1) is 0 Å². The van der Waals surface area contributed by atoms with Crippen molar-refractivity contribution in [2.24, 2.45) is 0 Å². The number of halogens is 1. The van der Waals surface area contributed by atoms with Gasteiger partial charge in [0.2, 0.25) is 5.91 Å². The fourth-order valence-electron chi connectivity index (χ4n) is 2.43. The second kappa shape index (κ2) is 7.93. The maximum atomic E-state index is 12.2. The van der Waals surface area contributed by atoms with Crippen molar-refractivity contribution in [3.63, 3.8) is 0 Å². The Morgan fingerprint density at radius 1 is 1.08 bits per heavy atom. The van der Waals surface area contributed by atoms with Crippen molar-refractivity contribution in [1.29, 1.82) is 0 Å². The molecule has 6 nitrogen and oxygen atoms in total. The zero-order valence-electron chi connectivity index (χ0n) is 14.3. The highest BCUT2D eigenvalue weighted by Gasteiger charge is 2.12. The molecule has 0 saturated carbocycles. The first-order valence-electron chi connectivity index (χ1n) is 7.82. The van der Waals surface area contributed by atoms with E-state index in [1.165, 1.54) is 7.11 Å². The van der Waals surface area contributed by atoms with E-state index in [4.69, 9.17) is 25.6 Å².